The van der Waals surface area contributed by atoms with E-state index in [-0.39, 0.29) is 24.7 Å². The van der Waals surface area contributed by atoms with Crippen LogP contribution in [0.1, 0.15) is 40.0 Å². The van der Waals surface area contributed by atoms with Gasteiger partial charge in [0.2, 0.25) is 5.92 Å². The van der Waals surface area contributed by atoms with Crippen LogP contribution in [0.15, 0.2) is 0 Å². The van der Waals surface area contributed by atoms with E-state index >= 15 is 0 Å². The lowest BCUT2D eigenvalue weighted by Gasteiger charge is -2.38. The predicted molar refractivity (Wildman–Crippen MR) is 46.3 cm³/mol. The van der Waals surface area contributed by atoms with Gasteiger partial charge in [0, 0.05) is 12.8 Å². The zero-order valence-electron chi connectivity index (χ0n) is 8.11. The van der Waals surface area contributed by atoms with Crippen LogP contribution in [-0.4, -0.2) is 5.92 Å². The summed E-state index contributed by atoms with van der Waals surface area (Å²) in [5.74, 6) is -1.52. The summed E-state index contributed by atoms with van der Waals surface area (Å²) in [6.07, 6.45) is 1.23. The molecule has 0 aromatic carbocycles. The average Bonchev–Trinajstić information content (AvgIpc) is 1.82. The minimum Gasteiger partial charge on any atom is -0.207 e. The van der Waals surface area contributed by atoms with Gasteiger partial charge in [-0.05, 0) is 17.8 Å². The van der Waals surface area contributed by atoms with Crippen molar-refractivity contribution in [1.29, 1.82) is 0 Å². The highest BCUT2D eigenvalue weighted by molar-refractivity contribution is 4.85. The van der Waals surface area contributed by atoms with Crippen molar-refractivity contribution in [3.63, 3.8) is 0 Å². The largest absolute Gasteiger partial charge is 0.248 e. The minimum absolute atomic E-state index is 0.0931. The molecule has 0 spiro atoms. The Kier molecular flexibility index (Phi) is 2.74. The van der Waals surface area contributed by atoms with Gasteiger partial charge in [-0.1, -0.05) is 27.2 Å². The second-order valence-electron chi connectivity index (χ2n) is 4.29. The molecule has 72 valence electrons. The molecule has 2 atom stereocenters. The predicted octanol–water partition coefficient (Wildman–Crippen LogP) is 3.71. The van der Waals surface area contributed by atoms with Crippen molar-refractivity contribution >= 4 is 0 Å². The van der Waals surface area contributed by atoms with Crippen LogP contribution in [0, 0.1) is 17.8 Å². The maximum atomic E-state index is 13.0. The van der Waals surface area contributed by atoms with Crippen LogP contribution in [-0.2, 0) is 0 Å². The van der Waals surface area contributed by atoms with Gasteiger partial charge in [0.25, 0.3) is 0 Å². The summed E-state index contributed by atoms with van der Waals surface area (Å²) < 4.78 is 26.0. The number of alkyl halides is 2. The first kappa shape index (κ1) is 9.94. The third-order valence-electron chi connectivity index (χ3n) is 3.17. The third-order valence-corrected chi connectivity index (χ3v) is 3.17. The minimum atomic E-state index is -2.40. The van der Waals surface area contributed by atoms with Crippen molar-refractivity contribution in [2.45, 2.75) is 46.0 Å². The number of rotatable bonds is 1. The Hall–Kier alpha value is -0.140. The van der Waals surface area contributed by atoms with Crippen LogP contribution in [0.2, 0.25) is 0 Å². The van der Waals surface area contributed by atoms with Gasteiger partial charge in [-0.25, -0.2) is 8.78 Å². The number of hydrogen-bond donors (Lipinski definition) is 0. The summed E-state index contributed by atoms with van der Waals surface area (Å²) in [6.45, 7) is 6.01. The molecular formula is C10H18F2. The Morgan fingerprint density at radius 2 is 1.58 bits per heavy atom. The fourth-order valence-electron chi connectivity index (χ4n) is 2.69. The maximum absolute atomic E-state index is 13.0. The van der Waals surface area contributed by atoms with Gasteiger partial charge in [0.05, 0.1) is 0 Å². The SMILES string of the molecule is CCC1C(C)CC(F)(F)CC1C. The summed E-state index contributed by atoms with van der Waals surface area (Å²) in [5.41, 5.74) is 0. The molecular weight excluding hydrogens is 158 g/mol. The van der Waals surface area contributed by atoms with E-state index in [1.807, 2.05) is 13.8 Å². The highest BCUT2D eigenvalue weighted by Crippen LogP contribution is 2.44. The van der Waals surface area contributed by atoms with Crippen molar-refractivity contribution in [2.75, 3.05) is 0 Å². The molecule has 2 heteroatoms. The Bertz CT molecular complexity index is 140. The zero-order valence-corrected chi connectivity index (χ0v) is 8.11. The second kappa shape index (κ2) is 3.31. The second-order valence-corrected chi connectivity index (χ2v) is 4.29. The molecule has 2 unspecified atom stereocenters. The average molecular weight is 176 g/mol. The molecule has 0 nitrogen and oxygen atoms in total. The number of halogens is 2. The van der Waals surface area contributed by atoms with E-state index in [1.165, 1.54) is 0 Å². The lowest BCUT2D eigenvalue weighted by molar-refractivity contribution is -0.0878. The molecule has 0 bridgehead atoms. The van der Waals surface area contributed by atoms with Crippen molar-refractivity contribution in [1.82, 2.24) is 0 Å². The lowest BCUT2D eigenvalue weighted by atomic mass is 9.71. The molecule has 0 aromatic heterocycles. The van der Waals surface area contributed by atoms with Crippen LogP contribution in [0.3, 0.4) is 0 Å². The number of hydrogen-bond acceptors (Lipinski definition) is 0. The quantitative estimate of drug-likeness (QED) is 0.571. The van der Waals surface area contributed by atoms with Crippen LogP contribution in [0.5, 0.6) is 0 Å². The molecule has 0 amide bonds. The Morgan fingerprint density at radius 1 is 1.17 bits per heavy atom. The summed E-state index contributed by atoms with van der Waals surface area (Å²) in [6, 6.07) is 0. The van der Waals surface area contributed by atoms with Crippen molar-refractivity contribution in [3.8, 4) is 0 Å². The molecule has 0 saturated heterocycles. The first-order valence-electron chi connectivity index (χ1n) is 4.84. The van der Waals surface area contributed by atoms with E-state index in [4.69, 9.17) is 0 Å². The first-order valence-corrected chi connectivity index (χ1v) is 4.84. The third kappa shape index (κ3) is 1.96. The van der Waals surface area contributed by atoms with Gasteiger partial charge < -0.3 is 0 Å². The van der Waals surface area contributed by atoms with Crippen molar-refractivity contribution in [3.05, 3.63) is 0 Å². The van der Waals surface area contributed by atoms with E-state index in [9.17, 15) is 8.78 Å². The molecule has 0 N–H and O–H groups in total. The van der Waals surface area contributed by atoms with E-state index in [1.54, 1.807) is 0 Å². The van der Waals surface area contributed by atoms with Crippen molar-refractivity contribution in [2.24, 2.45) is 17.8 Å². The molecule has 1 aliphatic carbocycles. The smallest absolute Gasteiger partial charge is 0.207 e. The van der Waals surface area contributed by atoms with Gasteiger partial charge in [0.15, 0.2) is 0 Å². The van der Waals surface area contributed by atoms with Gasteiger partial charge in [-0.15, -0.1) is 0 Å². The topological polar surface area (TPSA) is 0 Å². The summed E-state index contributed by atoms with van der Waals surface area (Å²) in [7, 11) is 0. The molecule has 1 fully saturated rings. The molecule has 0 aromatic rings. The van der Waals surface area contributed by atoms with E-state index in [0.29, 0.717) is 5.92 Å². The van der Waals surface area contributed by atoms with Crippen LogP contribution in [0.4, 0.5) is 8.78 Å². The molecule has 0 aliphatic heterocycles. The van der Waals surface area contributed by atoms with E-state index < -0.39 is 5.92 Å². The normalized spacial score (nSPS) is 41.2. The highest BCUT2D eigenvalue weighted by atomic mass is 19.3. The fourth-order valence-corrected chi connectivity index (χ4v) is 2.69. The first-order chi connectivity index (χ1) is 5.46. The Morgan fingerprint density at radius 3 is 1.92 bits per heavy atom. The summed E-state index contributed by atoms with van der Waals surface area (Å²) in [5, 5.41) is 0. The molecule has 1 saturated carbocycles. The van der Waals surface area contributed by atoms with Gasteiger partial charge in [0.1, 0.15) is 0 Å². The maximum Gasteiger partial charge on any atom is 0.248 e. The Labute approximate surface area is 73.3 Å². The molecule has 12 heavy (non-hydrogen) atoms. The highest BCUT2D eigenvalue weighted by Gasteiger charge is 2.42. The van der Waals surface area contributed by atoms with Crippen molar-refractivity contribution < 1.29 is 8.78 Å². The standard InChI is InChI=1S/C10H18F2/c1-4-9-7(2)5-10(11,12)6-8(9)3/h7-9H,4-6H2,1-3H3. The lowest BCUT2D eigenvalue weighted by Crippen LogP contribution is -2.36. The summed E-state index contributed by atoms with van der Waals surface area (Å²) >= 11 is 0. The van der Waals surface area contributed by atoms with Crippen LogP contribution >= 0.6 is 0 Å². The van der Waals surface area contributed by atoms with E-state index in [2.05, 4.69) is 6.92 Å². The van der Waals surface area contributed by atoms with E-state index in [0.717, 1.165) is 6.42 Å². The molecule has 1 rings (SSSR count). The molecule has 0 radical (unpaired) electrons. The zero-order chi connectivity index (χ0) is 9.35. The molecule has 0 heterocycles. The Balaban J connectivity index is 2.63. The van der Waals surface area contributed by atoms with Gasteiger partial charge in [-0.2, -0.15) is 0 Å². The monoisotopic (exact) mass is 176 g/mol. The van der Waals surface area contributed by atoms with Gasteiger partial charge in [-0.3, -0.25) is 0 Å². The fraction of sp³-hybridized carbons (Fsp3) is 1.00. The van der Waals surface area contributed by atoms with Gasteiger partial charge >= 0.3 is 0 Å². The van der Waals surface area contributed by atoms with Crippen LogP contribution < -0.4 is 0 Å². The molecule has 1 aliphatic rings. The summed E-state index contributed by atoms with van der Waals surface area (Å²) in [4.78, 5) is 0. The van der Waals surface area contributed by atoms with Crippen LogP contribution in [0.25, 0.3) is 0 Å².